The average molecular weight is 404 g/mol. The monoisotopic (exact) mass is 404 g/mol. The Morgan fingerprint density at radius 1 is 1.38 bits per heavy atom. The predicted octanol–water partition coefficient (Wildman–Crippen LogP) is 2.49. The van der Waals surface area contributed by atoms with Crippen molar-refractivity contribution >= 4 is 29.9 Å². The van der Waals surface area contributed by atoms with Crippen LogP contribution in [0.25, 0.3) is 0 Å². The molecule has 0 bridgehead atoms. The van der Waals surface area contributed by atoms with Crippen molar-refractivity contribution in [2.75, 3.05) is 19.6 Å². The number of piperidine rings is 1. The van der Waals surface area contributed by atoms with Crippen LogP contribution in [0.5, 0.6) is 0 Å². The molecule has 1 saturated heterocycles. The Kier molecular flexibility index (Phi) is 6.35. The van der Waals surface area contributed by atoms with Gasteiger partial charge in [0, 0.05) is 6.04 Å². The van der Waals surface area contributed by atoms with E-state index in [4.69, 9.17) is 10.2 Å². The van der Waals surface area contributed by atoms with Crippen molar-refractivity contribution in [1.82, 2.24) is 10.2 Å². The van der Waals surface area contributed by atoms with Crippen LogP contribution in [0.4, 0.5) is 0 Å². The summed E-state index contributed by atoms with van der Waals surface area (Å²) in [6.07, 6.45) is 8.01. The minimum atomic E-state index is 0. The molecule has 3 N–H and O–H groups in total. The number of furan rings is 1. The molecule has 0 aromatic carbocycles. The van der Waals surface area contributed by atoms with E-state index < -0.39 is 0 Å². The summed E-state index contributed by atoms with van der Waals surface area (Å²) in [7, 11) is 0. The molecule has 1 saturated carbocycles. The summed E-state index contributed by atoms with van der Waals surface area (Å²) in [6.45, 7) is 2.91. The number of likely N-dealkylation sites (tertiary alicyclic amines) is 1. The quantitative estimate of drug-likeness (QED) is 0.450. The Hall–Kier alpha value is -0.760. The standard InChI is InChI=1S/C15H24N4O.HI/c16-15(18-12-6-7-12)17-11-13(14-5-4-10-20-14)19-8-2-1-3-9-19;/h4-5,10,12-13H,1-3,6-9,11H2,(H3,16,17,18);1H. The molecule has 1 aliphatic carbocycles. The van der Waals surface area contributed by atoms with Gasteiger partial charge in [-0.1, -0.05) is 6.42 Å². The first kappa shape index (κ1) is 16.6. The lowest BCUT2D eigenvalue weighted by Gasteiger charge is -2.32. The molecule has 1 aromatic rings. The molecule has 118 valence electrons. The molecule has 0 spiro atoms. The van der Waals surface area contributed by atoms with E-state index in [0.29, 0.717) is 18.5 Å². The molecule has 6 heteroatoms. The fourth-order valence-corrected chi connectivity index (χ4v) is 2.76. The van der Waals surface area contributed by atoms with Gasteiger partial charge in [-0.15, -0.1) is 24.0 Å². The van der Waals surface area contributed by atoms with E-state index in [0.717, 1.165) is 18.8 Å². The van der Waals surface area contributed by atoms with E-state index in [-0.39, 0.29) is 30.0 Å². The van der Waals surface area contributed by atoms with Gasteiger partial charge in [-0.05, 0) is 50.9 Å². The molecule has 2 heterocycles. The van der Waals surface area contributed by atoms with Crippen LogP contribution in [-0.2, 0) is 0 Å². The summed E-state index contributed by atoms with van der Waals surface area (Å²) >= 11 is 0. The average Bonchev–Trinajstić information content (AvgIpc) is 3.12. The van der Waals surface area contributed by atoms with E-state index in [1.165, 1.54) is 32.1 Å². The van der Waals surface area contributed by atoms with Gasteiger partial charge in [0.05, 0.1) is 18.8 Å². The van der Waals surface area contributed by atoms with Gasteiger partial charge in [0.2, 0.25) is 0 Å². The van der Waals surface area contributed by atoms with E-state index in [2.05, 4.69) is 15.2 Å². The van der Waals surface area contributed by atoms with Crippen LogP contribution in [0.2, 0.25) is 0 Å². The first-order valence-electron chi connectivity index (χ1n) is 7.67. The summed E-state index contributed by atoms with van der Waals surface area (Å²) in [6, 6.07) is 4.75. The number of nitrogens with one attached hydrogen (secondary N) is 1. The highest BCUT2D eigenvalue weighted by molar-refractivity contribution is 14.0. The number of rotatable bonds is 5. The van der Waals surface area contributed by atoms with Gasteiger partial charge >= 0.3 is 0 Å². The van der Waals surface area contributed by atoms with Gasteiger partial charge in [0.15, 0.2) is 5.96 Å². The predicted molar refractivity (Wildman–Crippen MR) is 94.9 cm³/mol. The lowest BCUT2D eigenvalue weighted by molar-refractivity contribution is 0.150. The van der Waals surface area contributed by atoms with E-state index in [1.54, 1.807) is 6.26 Å². The van der Waals surface area contributed by atoms with Crippen molar-refractivity contribution in [1.29, 1.82) is 0 Å². The Morgan fingerprint density at radius 2 is 2.14 bits per heavy atom. The lowest BCUT2D eigenvalue weighted by Crippen LogP contribution is -2.37. The number of nitrogens with two attached hydrogens (primary N) is 1. The van der Waals surface area contributed by atoms with Crippen molar-refractivity contribution in [3.63, 3.8) is 0 Å². The normalized spacial score (nSPS) is 21.6. The van der Waals surface area contributed by atoms with Crippen LogP contribution in [-0.4, -0.2) is 36.5 Å². The SMILES string of the molecule is I.NC(=NCC(c1ccco1)N1CCCCC1)NC1CC1. The molecular weight excluding hydrogens is 379 g/mol. The second-order valence-corrected chi connectivity index (χ2v) is 5.77. The zero-order valence-electron chi connectivity index (χ0n) is 12.3. The number of nitrogens with zero attached hydrogens (tertiary/aromatic N) is 2. The van der Waals surface area contributed by atoms with Crippen molar-refractivity contribution in [3.05, 3.63) is 24.2 Å². The highest BCUT2D eigenvalue weighted by atomic mass is 127. The zero-order valence-corrected chi connectivity index (χ0v) is 14.7. The molecule has 0 radical (unpaired) electrons. The van der Waals surface area contributed by atoms with Crippen molar-refractivity contribution in [3.8, 4) is 0 Å². The van der Waals surface area contributed by atoms with Gasteiger partial charge in [-0.25, -0.2) is 0 Å². The maximum atomic E-state index is 5.94. The largest absolute Gasteiger partial charge is 0.468 e. The Labute approximate surface area is 143 Å². The summed E-state index contributed by atoms with van der Waals surface area (Å²) in [5, 5.41) is 3.24. The first-order chi connectivity index (χ1) is 9.83. The van der Waals surface area contributed by atoms with Crippen LogP contribution in [0.15, 0.2) is 27.8 Å². The zero-order chi connectivity index (χ0) is 13.8. The number of halogens is 1. The molecule has 3 rings (SSSR count). The number of aliphatic imine (C=N–C) groups is 1. The third kappa shape index (κ3) is 4.88. The Bertz CT molecular complexity index is 439. The van der Waals surface area contributed by atoms with E-state index in [9.17, 15) is 0 Å². The van der Waals surface area contributed by atoms with E-state index >= 15 is 0 Å². The second-order valence-electron chi connectivity index (χ2n) is 5.77. The number of guanidine groups is 1. The molecular formula is C15H25IN4O. The lowest BCUT2D eigenvalue weighted by atomic mass is 10.1. The van der Waals surface area contributed by atoms with Crippen molar-refractivity contribution in [2.24, 2.45) is 10.7 Å². The van der Waals surface area contributed by atoms with Crippen LogP contribution < -0.4 is 11.1 Å². The Morgan fingerprint density at radius 3 is 2.76 bits per heavy atom. The highest BCUT2D eigenvalue weighted by Gasteiger charge is 2.25. The minimum Gasteiger partial charge on any atom is -0.468 e. The van der Waals surface area contributed by atoms with Gasteiger partial charge in [-0.3, -0.25) is 9.89 Å². The van der Waals surface area contributed by atoms with Crippen LogP contribution >= 0.6 is 24.0 Å². The smallest absolute Gasteiger partial charge is 0.188 e. The second kappa shape index (κ2) is 8.03. The fraction of sp³-hybridized carbons (Fsp3) is 0.667. The van der Waals surface area contributed by atoms with Crippen molar-refractivity contribution < 1.29 is 4.42 Å². The summed E-state index contributed by atoms with van der Waals surface area (Å²) in [5.74, 6) is 1.57. The van der Waals surface area contributed by atoms with E-state index in [1.807, 2.05) is 12.1 Å². The van der Waals surface area contributed by atoms with Gasteiger partial charge < -0.3 is 15.5 Å². The van der Waals surface area contributed by atoms with Gasteiger partial charge in [0.25, 0.3) is 0 Å². The highest BCUT2D eigenvalue weighted by Crippen LogP contribution is 2.25. The topological polar surface area (TPSA) is 66.8 Å². The molecule has 1 unspecified atom stereocenters. The third-order valence-electron chi connectivity index (χ3n) is 4.07. The molecule has 2 aliphatic rings. The maximum absolute atomic E-state index is 5.94. The fourth-order valence-electron chi connectivity index (χ4n) is 2.76. The van der Waals surface area contributed by atoms with Gasteiger partial charge in [0.1, 0.15) is 5.76 Å². The Balaban J connectivity index is 0.00000161. The molecule has 21 heavy (non-hydrogen) atoms. The maximum Gasteiger partial charge on any atom is 0.188 e. The minimum absolute atomic E-state index is 0. The summed E-state index contributed by atoms with van der Waals surface area (Å²) in [5.41, 5.74) is 5.94. The van der Waals surface area contributed by atoms with Crippen LogP contribution in [0.1, 0.15) is 43.9 Å². The molecule has 0 amide bonds. The molecule has 1 atom stereocenters. The van der Waals surface area contributed by atoms with Crippen LogP contribution in [0.3, 0.4) is 0 Å². The third-order valence-corrected chi connectivity index (χ3v) is 4.07. The number of hydrogen-bond donors (Lipinski definition) is 2. The summed E-state index contributed by atoms with van der Waals surface area (Å²) in [4.78, 5) is 6.99. The summed E-state index contributed by atoms with van der Waals surface area (Å²) < 4.78 is 5.60. The van der Waals surface area contributed by atoms with Gasteiger partial charge in [-0.2, -0.15) is 0 Å². The molecule has 5 nitrogen and oxygen atoms in total. The van der Waals surface area contributed by atoms with Crippen LogP contribution in [0, 0.1) is 0 Å². The van der Waals surface area contributed by atoms with Crippen molar-refractivity contribution in [2.45, 2.75) is 44.2 Å². The number of hydrogen-bond acceptors (Lipinski definition) is 3. The first-order valence-corrected chi connectivity index (χ1v) is 7.67. The molecule has 1 aromatic heterocycles. The molecule has 2 fully saturated rings. The molecule has 1 aliphatic heterocycles.